The molecule has 0 heterocycles. The lowest BCUT2D eigenvalue weighted by Crippen LogP contribution is -2.55. The van der Waals surface area contributed by atoms with Gasteiger partial charge in [0.15, 0.2) is 0 Å². The van der Waals surface area contributed by atoms with E-state index in [-0.39, 0.29) is 29.8 Å². The lowest BCUT2D eigenvalue weighted by atomic mass is 9.94. The van der Waals surface area contributed by atoms with Crippen molar-refractivity contribution in [3.05, 3.63) is 129 Å². The van der Waals surface area contributed by atoms with Crippen molar-refractivity contribution < 1.29 is 18.0 Å². The molecule has 7 nitrogen and oxygen atoms in total. The van der Waals surface area contributed by atoms with E-state index in [1.165, 1.54) is 17.0 Å². The largest absolute Gasteiger partial charge is 0.352 e. The molecule has 1 N–H and O–H groups in total. The zero-order valence-corrected chi connectivity index (χ0v) is 29.6. The van der Waals surface area contributed by atoms with Crippen molar-refractivity contribution in [1.29, 1.82) is 0 Å². The third kappa shape index (κ3) is 8.59. The Morgan fingerprint density at radius 2 is 1.44 bits per heavy atom. The van der Waals surface area contributed by atoms with Gasteiger partial charge >= 0.3 is 0 Å². The van der Waals surface area contributed by atoms with E-state index in [1.54, 1.807) is 55.5 Å². The van der Waals surface area contributed by atoms with Crippen molar-refractivity contribution in [3.63, 3.8) is 0 Å². The van der Waals surface area contributed by atoms with Gasteiger partial charge < -0.3 is 10.2 Å². The van der Waals surface area contributed by atoms with Crippen molar-refractivity contribution in [2.75, 3.05) is 10.8 Å². The van der Waals surface area contributed by atoms with Crippen molar-refractivity contribution in [2.45, 2.75) is 75.9 Å². The Morgan fingerprint density at radius 3 is 2.08 bits per heavy atom. The van der Waals surface area contributed by atoms with Crippen molar-refractivity contribution in [3.8, 4) is 0 Å². The quantitative estimate of drug-likeness (QED) is 0.162. The third-order valence-corrected chi connectivity index (χ3v) is 11.4. The van der Waals surface area contributed by atoms with Gasteiger partial charge in [0.05, 0.1) is 10.6 Å². The summed E-state index contributed by atoms with van der Waals surface area (Å²) in [5.74, 6) is -0.865. The van der Waals surface area contributed by atoms with Crippen LogP contribution in [0, 0.1) is 13.8 Å². The molecule has 4 aromatic carbocycles. The molecule has 0 radical (unpaired) electrons. The SMILES string of the molecule is Cc1ccc(S(=O)(=O)N(CC(=O)N(Cc2c(Cl)cccc2Cl)[C@@H](Cc2ccccc2)C(=O)NC2CCCCC2)c2ccccc2C)cc1. The number of hydrogen-bond donors (Lipinski definition) is 1. The number of amides is 2. The monoisotopic (exact) mass is 705 g/mol. The zero-order valence-electron chi connectivity index (χ0n) is 27.2. The van der Waals surface area contributed by atoms with E-state index in [0.717, 1.165) is 47.5 Å². The maximum atomic E-state index is 14.8. The molecule has 5 rings (SSSR count). The van der Waals surface area contributed by atoms with Gasteiger partial charge in [-0.15, -0.1) is 0 Å². The van der Waals surface area contributed by atoms with Crippen LogP contribution < -0.4 is 9.62 Å². The fourth-order valence-electron chi connectivity index (χ4n) is 6.15. The van der Waals surface area contributed by atoms with E-state index in [9.17, 15) is 18.0 Å². The van der Waals surface area contributed by atoms with Gasteiger partial charge in [-0.2, -0.15) is 0 Å². The van der Waals surface area contributed by atoms with Crippen LogP contribution in [0.2, 0.25) is 10.0 Å². The standard InChI is InChI=1S/C38H41Cl2N3O4S/c1-27-20-22-31(23-21-27)48(46,47)43(35-19-10-9-12-28(35)2)26-37(44)42(25-32-33(39)17-11-18-34(32)40)36(24-29-13-5-3-6-14-29)38(45)41-30-15-7-4-8-16-30/h3,5-6,9-14,17-23,30,36H,4,7-8,15-16,24-26H2,1-2H3,(H,41,45)/t36-/m0/s1. The number of benzene rings is 4. The number of hydrogen-bond acceptors (Lipinski definition) is 4. The van der Waals surface area contributed by atoms with E-state index in [0.29, 0.717) is 26.9 Å². The summed E-state index contributed by atoms with van der Waals surface area (Å²) >= 11 is 13.3. The van der Waals surface area contributed by atoms with Crippen LogP contribution in [0.15, 0.2) is 102 Å². The van der Waals surface area contributed by atoms with Gasteiger partial charge in [0.1, 0.15) is 12.6 Å². The molecular weight excluding hydrogens is 665 g/mol. The van der Waals surface area contributed by atoms with Crippen LogP contribution in [0.3, 0.4) is 0 Å². The Kier molecular flexibility index (Phi) is 11.8. The molecule has 48 heavy (non-hydrogen) atoms. The summed E-state index contributed by atoms with van der Waals surface area (Å²) in [4.78, 5) is 30.6. The number of aryl methyl sites for hydroxylation is 2. The number of carbonyl (C=O) groups is 2. The van der Waals surface area contributed by atoms with Crippen molar-refractivity contribution in [2.24, 2.45) is 0 Å². The zero-order chi connectivity index (χ0) is 34.3. The lowest BCUT2D eigenvalue weighted by Gasteiger charge is -2.35. The molecular formula is C38H41Cl2N3O4S. The summed E-state index contributed by atoms with van der Waals surface area (Å²) in [6.45, 7) is 3.03. The van der Waals surface area contributed by atoms with Crippen molar-refractivity contribution >= 4 is 50.7 Å². The highest BCUT2D eigenvalue weighted by atomic mass is 35.5. The van der Waals surface area contributed by atoms with Gasteiger partial charge in [0.2, 0.25) is 11.8 Å². The van der Waals surface area contributed by atoms with Gasteiger partial charge in [-0.3, -0.25) is 13.9 Å². The van der Waals surface area contributed by atoms with Crippen LogP contribution in [0.4, 0.5) is 5.69 Å². The van der Waals surface area contributed by atoms with Gasteiger partial charge in [-0.1, -0.05) is 115 Å². The first-order chi connectivity index (χ1) is 23.0. The maximum Gasteiger partial charge on any atom is 0.264 e. The highest BCUT2D eigenvalue weighted by Crippen LogP contribution is 2.30. The third-order valence-electron chi connectivity index (χ3n) is 8.88. The second-order valence-electron chi connectivity index (χ2n) is 12.4. The maximum absolute atomic E-state index is 14.8. The molecule has 4 aromatic rings. The summed E-state index contributed by atoms with van der Waals surface area (Å²) in [7, 11) is -4.21. The Balaban J connectivity index is 1.60. The number of para-hydroxylation sites is 1. The van der Waals surface area contributed by atoms with Crippen LogP contribution >= 0.6 is 23.2 Å². The number of carbonyl (C=O) groups excluding carboxylic acids is 2. The minimum absolute atomic E-state index is 0.00393. The minimum atomic E-state index is -4.21. The normalized spacial score (nSPS) is 14.2. The molecule has 1 atom stereocenters. The Hall–Kier alpha value is -3.85. The summed E-state index contributed by atoms with van der Waals surface area (Å²) < 4.78 is 29.8. The summed E-state index contributed by atoms with van der Waals surface area (Å²) in [5, 5.41) is 3.90. The van der Waals surface area contributed by atoms with Crippen molar-refractivity contribution in [1.82, 2.24) is 10.2 Å². The van der Waals surface area contributed by atoms with E-state index in [1.807, 2.05) is 43.3 Å². The molecule has 0 unspecified atom stereocenters. The van der Waals surface area contributed by atoms with Gasteiger partial charge in [-0.25, -0.2) is 8.42 Å². The molecule has 0 saturated heterocycles. The molecule has 1 aliphatic rings. The number of sulfonamides is 1. The molecule has 0 aromatic heterocycles. The summed E-state index contributed by atoms with van der Waals surface area (Å²) in [6, 6.07) is 27.1. The van der Waals surface area contributed by atoms with E-state index in [4.69, 9.17) is 23.2 Å². The fraction of sp³-hybridized carbons (Fsp3) is 0.316. The average molecular weight is 707 g/mol. The average Bonchev–Trinajstić information content (AvgIpc) is 3.07. The summed E-state index contributed by atoms with van der Waals surface area (Å²) in [6.07, 6.45) is 5.11. The van der Waals surface area contributed by atoms with E-state index in [2.05, 4.69) is 5.32 Å². The van der Waals surface area contributed by atoms with Crippen LogP contribution in [-0.2, 0) is 32.6 Å². The van der Waals surface area contributed by atoms with Crippen LogP contribution in [0.25, 0.3) is 0 Å². The lowest BCUT2D eigenvalue weighted by molar-refractivity contribution is -0.140. The predicted octanol–water partition coefficient (Wildman–Crippen LogP) is 7.89. The topological polar surface area (TPSA) is 86.8 Å². The Bertz CT molecular complexity index is 1810. The first-order valence-corrected chi connectivity index (χ1v) is 18.5. The van der Waals surface area contributed by atoms with Crippen LogP contribution in [0.5, 0.6) is 0 Å². The molecule has 1 aliphatic carbocycles. The molecule has 2 amide bonds. The van der Waals surface area contributed by atoms with Gasteiger partial charge in [0.25, 0.3) is 10.0 Å². The second kappa shape index (κ2) is 16.0. The molecule has 0 aliphatic heterocycles. The van der Waals surface area contributed by atoms with E-state index < -0.39 is 28.5 Å². The molecule has 1 saturated carbocycles. The Morgan fingerprint density at radius 1 is 0.812 bits per heavy atom. The number of anilines is 1. The fourth-order valence-corrected chi connectivity index (χ4v) is 8.14. The highest BCUT2D eigenvalue weighted by Gasteiger charge is 2.36. The second-order valence-corrected chi connectivity index (χ2v) is 15.1. The highest BCUT2D eigenvalue weighted by molar-refractivity contribution is 7.92. The minimum Gasteiger partial charge on any atom is -0.352 e. The molecule has 1 fully saturated rings. The van der Waals surface area contributed by atoms with E-state index >= 15 is 0 Å². The first kappa shape index (κ1) is 35.5. The molecule has 10 heteroatoms. The number of rotatable bonds is 12. The van der Waals surface area contributed by atoms with Gasteiger partial charge in [0, 0.05) is 34.6 Å². The number of nitrogens with one attached hydrogen (secondary N) is 1. The molecule has 0 bridgehead atoms. The number of nitrogens with zero attached hydrogens (tertiary/aromatic N) is 2. The first-order valence-electron chi connectivity index (χ1n) is 16.3. The summed E-state index contributed by atoms with van der Waals surface area (Å²) in [5.41, 5.74) is 3.28. The predicted molar refractivity (Wildman–Crippen MR) is 193 cm³/mol. The Labute approximate surface area is 293 Å². The van der Waals surface area contributed by atoms with Crippen LogP contribution in [-0.4, -0.2) is 43.8 Å². The smallest absolute Gasteiger partial charge is 0.264 e. The van der Waals surface area contributed by atoms with Crippen LogP contribution in [0.1, 0.15) is 54.4 Å². The van der Waals surface area contributed by atoms with Gasteiger partial charge in [-0.05, 0) is 68.1 Å². The molecule has 0 spiro atoms. The number of halogens is 2. The molecule has 252 valence electrons.